The minimum absolute atomic E-state index is 0.149. The van der Waals surface area contributed by atoms with E-state index in [1.165, 1.54) is 16.9 Å². The fourth-order valence-corrected chi connectivity index (χ4v) is 4.32. The molecule has 2 aliphatic rings. The largest absolute Gasteiger partial charge is 0.393 e. The molecule has 1 aliphatic carbocycles. The van der Waals surface area contributed by atoms with Gasteiger partial charge >= 0.3 is 0 Å². The average molecular weight is 375 g/mol. The lowest BCUT2D eigenvalue weighted by molar-refractivity contribution is 0.126. The van der Waals surface area contributed by atoms with Crippen LogP contribution < -0.4 is 16.0 Å². The Labute approximate surface area is 157 Å². The highest BCUT2D eigenvalue weighted by Crippen LogP contribution is 2.32. The summed E-state index contributed by atoms with van der Waals surface area (Å²) in [5, 5.41) is 22.8. The molecule has 0 amide bonds. The van der Waals surface area contributed by atoms with Crippen molar-refractivity contribution >= 4 is 28.2 Å². The van der Waals surface area contributed by atoms with E-state index in [-0.39, 0.29) is 6.10 Å². The van der Waals surface area contributed by atoms with Crippen LogP contribution in [0.5, 0.6) is 0 Å². The second-order valence-electron chi connectivity index (χ2n) is 7.13. The van der Waals surface area contributed by atoms with E-state index >= 15 is 0 Å². The number of aromatic nitrogens is 3. The highest BCUT2D eigenvalue weighted by atomic mass is 32.1. The van der Waals surface area contributed by atoms with E-state index in [0.717, 1.165) is 62.6 Å². The average Bonchev–Trinajstić information content (AvgIpc) is 3.18. The van der Waals surface area contributed by atoms with Crippen molar-refractivity contribution in [3.05, 3.63) is 23.3 Å². The van der Waals surface area contributed by atoms with Crippen LogP contribution in [0.1, 0.15) is 50.0 Å². The van der Waals surface area contributed by atoms with Gasteiger partial charge in [-0.2, -0.15) is 4.98 Å². The number of anilines is 3. The molecule has 1 saturated heterocycles. The second kappa shape index (κ2) is 8.28. The number of aliphatic hydroxyl groups excluding tert-OH is 1. The van der Waals surface area contributed by atoms with Gasteiger partial charge in [0.15, 0.2) is 5.13 Å². The smallest absolute Gasteiger partial charge is 0.230 e. The Morgan fingerprint density at radius 1 is 1.08 bits per heavy atom. The zero-order chi connectivity index (χ0) is 17.8. The normalized spacial score (nSPS) is 24.3. The van der Waals surface area contributed by atoms with E-state index in [1.54, 1.807) is 6.20 Å². The lowest BCUT2D eigenvalue weighted by atomic mass is 9.90. The van der Waals surface area contributed by atoms with E-state index in [0.29, 0.717) is 17.9 Å². The third-order valence-corrected chi connectivity index (χ3v) is 5.97. The summed E-state index contributed by atoms with van der Waals surface area (Å²) < 4.78 is 0. The SMILES string of the molecule is OC1CCC(Nc2nc(Nc3nccs3)ncc2C2CCNCC2)CC1. The van der Waals surface area contributed by atoms with Crippen molar-refractivity contribution in [1.29, 1.82) is 0 Å². The third-order valence-electron chi connectivity index (χ3n) is 5.28. The molecule has 2 aromatic heterocycles. The van der Waals surface area contributed by atoms with Crippen LogP contribution in [0.4, 0.5) is 16.9 Å². The molecule has 0 unspecified atom stereocenters. The van der Waals surface area contributed by atoms with E-state index in [4.69, 9.17) is 4.98 Å². The minimum atomic E-state index is -0.149. The number of thiazole rings is 1. The number of nitrogens with zero attached hydrogens (tertiary/aromatic N) is 3. The zero-order valence-corrected chi connectivity index (χ0v) is 15.6. The molecule has 4 N–H and O–H groups in total. The van der Waals surface area contributed by atoms with Gasteiger partial charge < -0.3 is 15.7 Å². The van der Waals surface area contributed by atoms with Crippen LogP contribution >= 0.6 is 11.3 Å². The van der Waals surface area contributed by atoms with Crippen LogP contribution in [-0.2, 0) is 0 Å². The number of hydrogen-bond acceptors (Lipinski definition) is 8. The molecule has 1 saturated carbocycles. The topological polar surface area (TPSA) is 95.0 Å². The number of rotatable bonds is 5. The molecule has 0 bridgehead atoms. The van der Waals surface area contributed by atoms with Crippen molar-refractivity contribution in [3.63, 3.8) is 0 Å². The first kappa shape index (κ1) is 17.6. The van der Waals surface area contributed by atoms with Crippen molar-refractivity contribution in [2.45, 2.75) is 56.6 Å². The predicted octanol–water partition coefficient (Wildman–Crippen LogP) is 2.86. The second-order valence-corrected chi connectivity index (χ2v) is 8.03. The maximum Gasteiger partial charge on any atom is 0.230 e. The van der Waals surface area contributed by atoms with Crippen molar-refractivity contribution in [1.82, 2.24) is 20.3 Å². The lowest BCUT2D eigenvalue weighted by Crippen LogP contribution is -2.30. The molecule has 4 rings (SSSR count). The van der Waals surface area contributed by atoms with Crippen LogP contribution in [0, 0.1) is 0 Å². The van der Waals surface area contributed by atoms with Crippen LogP contribution in [-0.4, -0.2) is 45.3 Å². The van der Waals surface area contributed by atoms with Gasteiger partial charge in [-0.25, -0.2) is 9.97 Å². The van der Waals surface area contributed by atoms with Gasteiger partial charge in [-0.3, -0.25) is 5.32 Å². The van der Waals surface area contributed by atoms with Crippen molar-refractivity contribution in [2.75, 3.05) is 23.7 Å². The van der Waals surface area contributed by atoms with Crippen LogP contribution in [0.2, 0.25) is 0 Å². The molecule has 0 spiro atoms. The summed E-state index contributed by atoms with van der Waals surface area (Å²) in [7, 11) is 0. The Balaban J connectivity index is 1.55. The van der Waals surface area contributed by atoms with Crippen LogP contribution in [0.25, 0.3) is 0 Å². The highest BCUT2D eigenvalue weighted by Gasteiger charge is 2.24. The summed E-state index contributed by atoms with van der Waals surface area (Å²) in [6, 6.07) is 0.362. The molecule has 3 heterocycles. The van der Waals surface area contributed by atoms with Gasteiger partial charge in [0.2, 0.25) is 5.95 Å². The van der Waals surface area contributed by atoms with Crippen molar-refractivity contribution in [3.8, 4) is 0 Å². The number of hydrogen-bond donors (Lipinski definition) is 4. The standard InChI is InChI=1S/C18H26N6OS/c25-14-3-1-13(2-4-14)22-16-15(12-5-7-19-8-6-12)11-21-17(23-16)24-18-20-9-10-26-18/h9-14,19,25H,1-8H2,(H2,20,21,22,23,24). The van der Waals surface area contributed by atoms with Gasteiger partial charge in [-0.1, -0.05) is 0 Å². The molecule has 2 fully saturated rings. The first-order valence-corrected chi connectivity index (χ1v) is 10.3. The van der Waals surface area contributed by atoms with Gasteiger partial charge in [0.25, 0.3) is 0 Å². The summed E-state index contributed by atoms with van der Waals surface area (Å²) in [5.74, 6) is 2.00. The molecule has 7 nitrogen and oxygen atoms in total. The Bertz CT molecular complexity index is 696. The van der Waals surface area contributed by atoms with Gasteiger partial charge in [0.05, 0.1) is 6.10 Å². The van der Waals surface area contributed by atoms with E-state index in [9.17, 15) is 5.11 Å². The highest BCUT2D eigenvalue weighted by molar-refractivity contribution is 7.13. The molecule has 0 atom stereocenters. The molecule has 140 valence electrons. The minimum Gasteiger partial charge on any atom is -0.393 e. The molecular formula is C18H26N6OS. The quantitative estimate of drug-likeness (QED) is 0.639. The molecule has 0 aromatic carbocycles. The zero-order valence-electron chi connectivity index (χ0n) is 14.8. The first-order valence-electron chi connectivity index (χ1n) is 9.46. The van der Waals surface area contributed by atoms with E-state index in [2.05, 4.69) is 25.9 Å². The molecular weight excluding hydrogens is 348 g/mol. The summed E-state index contributed by atoms with van der Waals surface area (Å²) in [5.41, 5.74) is 1.21. The van der Waals surface area contributed by atoms with Crippen LogP contribution in [0.3, 0.4) is 0 Å². The predicted molar refractivity (Wildman–Crippen MR) is 104 cm³/mol. The first-order chi connectivity index (χ1) is 12.8. The van der Waals surface area contributed by atoms with Gasteiger partial charge in [-0.15, -0.1) is 11.3 Å². The maximum atomic E-state index is 9.76. The van der Waals surface area contributed by atoms with E-state index in [1.807, 2.05) is 11.6 Å². The Morgan fingerprint density at radius 3 is 2.62 bits per heavy atom. The number of piperidine rings is 1. The molecule has 0 radical (unpaired) electrons. The number of aliphatic hydroxyl groups is 1. The Hall–Kier alpha value is -1.77. The monoisotopic (exact) mass is 374 g/mol. The summed E-state index contributed by atoms with van der Waals surface area (Å²) in [6.45, 7) is 2.08. The molecule has 26 heavy (non-hydrogen) atoms. The van der Waals surface area contributed by atoms with Crippen molar-refractivity contribution < 1.29 is 5.11 Å². The maximum absolute atomic E-state index is 9.76. The van der Waals surface area contributed by atoms with Crippen molar-refractivity contribution in [2.24, 2.45) is 0 Å². The number of nitrogens with one attached hydrogen (secondary N) is 3. The molecule has 1 aliphatic heterocycles. The summed E-state index contributed by atoms with van der Waals surface area (Å²) >= 11 is 1.53. The summed E-state index contributed by atoms with van der Waals surface area (Å²) in [4.78, 5) is 13.6. The Kier molecular flexibility index (Phi) is 5.62. The Morgan fingerprint density at radius 2 is 1.88 bits per heavy atom. The van der Waals surface area contributed by atoms with Gasteiger partial charge in [-0.05, 0) is 57.5 Å². The van der Waals surface area contributed by atoms with Gasteiger partial charge in [0, 0.05) is 29.4 Å². The molecule has 2 aromatic rings. The van der Waals surface area contributed by atoms with Gasteiger partial charge in [0.1, 0.15) is 5.82 Å². The lowest BCUT2D eigenvalue weighted by Gasteiger charge is -2.29. The van der Waals surface area contributed by atoms with Crippen LogP contribution in [0.15, 0.2) is 17.8 Å². The van der Waals surface area contributed by atoms with E-state index < -0.39 is 0 Å². The fourth-order valence-electron chi connectivity index (χ4n) is 3.79. The third kappa shape index (κ3) is 4.31. The molecule has 8 heteroatoms. The fraction of sp³-hybridized carbons (Fsp3) is 0.611. The summed E-state index contributed by atoms with van der Waals surface area (Å²) in [6.07, 6.45) is 9.48.